The van der Waals surface area contributed by atoms with Crippen molar-refractivity contribution in [3.63, 3.8) is 0 Å². The summed E-state index contributed by atoms with van der Waals surface area (Å²) in [6, 6.07) is 9.14. The molecule has 0 saturated heterocycles. The van der Waals surface area contributed by atoms with Crippen molar-refractivity contribution in [2.24, 2.45) is 0 Å². The van der Waals surface area contributed by atoms with Crippen molar-refractivity contribution in [1.29, 1.82) is 0 Å². The van der Waals surface area contributed by atoms with Crippen molar-refractivity contribution >= 4 is 28.2 Å². The van der Waals surface area contributed by atoms with Gasteiger partial charge in [-0.3, -0.25) is 4.68 Å². The van der Waals surface area contributed by atoms with Gasteiger partial charge in [0.2, 0.25) is 0 Å². The molecular weight excluding hydrogens is 391 g/mol. The van der Waals surface area contributed by atoms with E-state index in [9.17, 15) is 13.2 Å². The fourth-order valence-electron chi connectivity index (χ4n) is 3.04. The van der Waals surface area contributed by atoms with Gasteiger partial charge in [0, 0.05) is 23.3 Å². The number of alkyl halides is 3. The van der Waals surface area contributed by atoms with E-state index in [1.54, 1.807) is 29.0 Å². The van der Waals surface area contributed by atoms with Crippen molar-refractivity contribution in [2.75, 3.05) is 0 Å². The Labute approximate surface area is 163 Å². The summed E-state index contributed by atoms with van der Waals surface area (Å²) in [4.78, 5) is 4.26. The highest BCUT2D eigenvalue weighted by atomic mass is 35.5. The lowest BCUT2D eigenvalue weighted by atomic mass is 10.2. The van der Waals surface area contributed by atoms with Crippen LogP contribution in [0.2, 0.25) is 5.15 Å². The molecule has 0 amide bonds. The minimum Gasteiger partial charge on any atom is -0.265 e. The molecule has 146 valence electrons. The molecule has 5 rings (SSSR count). The highest BCUT2D eigenvalue weighted by Crippen LogP contribution is 2.41. The first-order valence-corrected chi connectivity index (χ1v) is 9.25. The van der Waals surface area contributed by atoms with E-state index in [4.69, 9.17) is 11.6 Å². The third-order valence-corrected chi connectivity index (χ3v) is 4.72. The molecule has 1 aliphatic carbocycles. The Morgan fingerprint density at radius 1 is 1.18 bits per heavy atom. The number of aromatic nitrogens is 5. The third-order valence-electron chi connectivity index (χ3n) is 4.53. The average Bonchev–Trinajstić information content (AvgIpc) is 3.24. The van der Waals surface area contributed by atoms with Gasteiger partial charge < -0.3 is 0 Å². The number of para-hydroxylation sites is 1. The number of aryl methyl sites for hydroxylation is 1. The van der Waals surface area contributed by atoms with Crippen LogP contribution in [0.4, 0.5) is 13.2 Å². The summed E-state index contributed by atoms with van der Waals surface area (Å²) in [5.41, 5.74) is 2.93. The Hall–Kier alpha value is -2.61. The van der Waals surface area contributed by atoms with Crippen molar-refractivity contribution in [3.8, 4) is 0 Å². The lowest BCUT2D eigenvalue weighted by molar-refractivity contribution is -0.137. The summed E-state index contributed by atoms with van der Waals surface area (Å²) in [5, 5.41) is 9.45. The normalized spacial score (nSPS) is 14.3. The monoisotopic (exact) mass is 407 g/mol. The average molecular weight is 408 g/mol. The lowest BCUT2D eigenvalue weighted by Gasteiger charge is -2.06. The van der Waals surface area contributed by atoms with Gasteiger partial charge in [-0.05, 0) is 30.9 Å². The molecule has 1 fully saturated rings. The van der Waals surface area contributed by atoms with Crippen LogP contribution in [0.1, 0.15) is 30.7 Å². The van der Waals surface area contributed by atoms with Crippen LogP contribution in [0, 0.1) is 0 Å². The van der Waals surface area contributed by atoms with Gasteiger partial charge in [0.05, 0.1) is 24.7 Å². The zero-order chi connectivity index (χ0) is 19.7. The van der Waals surface area contributed by atoms with E-state index in [1.807, 2.05) is 24.4 Å². The summed E-state index contributed by atoms with van der Waals surface area (Å²) in [6.45, 7) is -0.128. The first kappa shape index (κ1) is 18.7. The molecule has 3 heterocycles. The maximum atomic E-state index is 12.0. The standard InChI is InChI=1S/C10H9F3N2.C9H8ClN3/c11-10(12,13)5-6-15-9-4-2-1-3-8(9)7-14-15;10-8-5-7(6-1-2-6)9-11-3-4-13(9)12-8/h1-4,7H,5-6H2;3-6H,1-2H2. The van der Waals surface area contributed by atoms with Crippen LogP contribution in [-0.2, 0) is 6.54 Å². The maximum absolute atomic E-state index is 12.0. The molecule has 0 radical (unpaired) electrons. The summed E-state index contributed by atoms with van der Waals surface area (Å²) in [5.74, 6) is 0.658. The number of halogens is 4. The van der Waals surface area contributed by atoms with Gasteiger partial charge in [-0.2, -0.15) is 23.4 Å². The molecule has 0 unspecified atom stereocenters. The fraction of sp³-hybridized carbons (Fsp3) is 0.316. The van der Waals surface area contributed by atoms with Crippen LogP contribution in [0.3, 0.4) is 0 Å². The maximum Gasteiger partial charge on any atom is 0.390 e. The van der Waals surface area contributed by atoms with Gasteiger partial charge in [0.1, 0.15) is 5.15 Å². The first-order valence-electron chi connectivity index (χ1n) is 8.88. The molecule has 1 aliphatic rings. The summed E-state index contributed by atoms with van der Waals surface area (Å²) in [6.07, 6.45) is 2.68. The smallest absolute Gasteiger partial charge is 0.265 e. The van der Waals surface area contributed by atoms with E-state index in [0.717, 1.165) is 16.6 Å². The summed E-state index contributed by atoms with van der Waals surface area (Å²) >= 11 is 5.89. The zero-order valence-corrected chi connectivity index (χ0v) is 15.5. The number of hydrogen-bond acceptors (Lipinski definition) is 3. The van der Waals surface area contributed by atoms with Crippen molar-refractivity contribution < 1.29 is 13.2 Å². The molecule has 1 aromatic carbocycles. The fourth-order valence-corrected chi connectivity index (χ4v) is 3.24. The topological polar surface area (TPSA) is 48.0 Å². The lowest BCUT2D eigenvalue weighted by Crippen LogP contribution is -2.12. The zero-order valence-electron chi connectivity index (χ0n) is 14.8. The molecule has 0 bridgehead atoms. The van der Waals surface area contributed by atoms with Gasteiger partial charge in [0.15, 0.2) is 5.65 Å². The third kappa shape index (κ3) is 4.27. The number of imidazole rings is 1. The van der Waals surface area contributed by atoms with Crippen molar-refractivity contribution in [1.82, 2.24) is 24.4 Å². The van der Waals surface area contributed by atoms with Crippen LogP contribution in [0.25, 0.3) is 16.6 Å². The molecule has 0 atom stereocenters. The van der Waals surface area contributed by atoms with Crippen LogP contribution >= 0.6 is 11.6 Å². The first-order chi connectivity index (χ1) is 13.4. The molecule has 0 spiro atoms. The summed E-state index contributed by atoms with van der Waals surface area (Å²) < 4.78 is 39.1. The SMILES string of the molecule is Clc1cc(C2CC2)c2nccn2n1.FC(F)(F)CCn1ncc2ccccc21. The molecule has 9 heteroatoms. The Morgan fingerprint density at radius 3 is 2.71 bits per heavy atom. The highest BCUT2D eigenvalue weighted by molar-refractivity contribution is 6.29. The van der Waals surface area contributed by atoms with Gasteiger partial charge in [-0.1, -0.05) is 29.8 Å². The van der Waals surface area contributed by atoms with E-state index in [1.165, 1.54) is 23.1 Å². The second-order valence-corrected chi connectivity index (χ2v) is 7.07. The van der Waals surface area contributed by atoms with E-state index in [0.29, 0.717) is 11.1 Å². The van der Waals surface area contributed by atoms with Crippen LogP contribution in [0.5, 0.6) is 0 Å². The van der Waals surface area contributed by atoms with E-state index >= 15 is 0 Å². The predicted molar refractivity (Wildman–Crippen MR) is 100 cm³/mol. The Kier molecular flexibility index (Phi) is 4.97. The molecule has 3 aromatic heterocycles. The van der Waals surface area contributed by atoms with Gasteiger partial charge >= 0.3 is 6.18 Å². The Morgan fingerprint density at radius 2 is 1.96 bits per heavy atom. The van der Waals surface area contributed by atoms with Crippen molar-refractivity contribution in [2.45, 2.75) is 37.9 Å². The number of nitrogens with zero attached hydrogens (tertiary/aromatic N) is 5. The largest absolute Gasteiger partial charge is 0.390 e. The molecule has 0 aliphatic heterocycles. The van der Waals surface area contributed by atoms with Crippen molar-refractivity contribution in [3.05, 3.63) is 59.6 Å². The van der Waals surface area contributed by atoms with Gasteiger partial charge in [-0.25, -0.2) is 9.50 Å². The Bertz CT molecular complexity index is 1100. The predicted octanol–water partition coefficient (Wildman–Crippen LogP) is 5.25. The number of fused-ring (bicyclic) bond motifs is 2. The van der Waals surface area contributed by atoms with E-state index in [2.05, 4.69) is 15.2 Å². The second kappa shape index (κ2) is 7.43. The van der Waals surface area contributed by atoms with Crippen LogP contribution < -0.4 is 0 Å². The second-order valence-electron chi connectivity index (χ2n) is 6.68. The number of benzene rings is 1. The quantitative estimate of drug-likeness (QED) is 0.466. The minimum atomic E-state index is -4.13. The molecule has 5 nitrogen and oxygen atoms in total. The number of hydrogen-bond donors (Lipinski definition) is 0. The summed E-state index contributed by atoms with van der Waals surface area (Å²) in [7, 11) is 0. The number of rotatable bonds is 3. The molecule has 1 saturated carbocycles. The molecule has 4 aromatic rings. The van der Waals surface area contributed by atoms with E-state index < -0.39 is 12.6 Å². The van der Waals surface area contributed by atoms with Gasteiger partial charge in [0.25, 0.3) is 0 Å². The molecular formula is C19H17ClF3N5. The van der Waals surface area contributed by atoms with Crippen LogP contribution in [0.15, 0.2) is 48.9 Å². The molecule has 0 N–H and O–H groups in total. The van der Waals surface area contributed by atoms with Gasteiger partial charge in [-0.15, -0.1) is 0 Å². The molecule has 28 heavy (non-hydrogen) atoms. The highest BCUT2D eigenvalue weighted by Gasteiger charge is 2.27. The van der Waals surface area contributed by atoms with E-state index in [-0.39, 0.29) is 6.54 Å². The van der Waals surface area contributed by atoms with Crippen LogP contribution in [-0.4, -0.2) is 30.6 Å². The Balaban J connectivity index is 0.000000138. The minimum absolute atomic E-state index is 0.128.